The van der Waals surface area contributed by atoms with Crippen LogP contribution in [0.3, 0.4) is 0 Å². The molecule has 3 heterocycles. The molecule has 4 rings (SSSR count). The van der Waals surface area contributed by atoms with Crippen LogP contribution >= 0.6 is 0 Å². The molecule has 0 aromatic carbocycles. The third-order valence-corrected chi connectivity index (χ3v) is 5.06. The molecule has 0 bridgehead atoms. The predicted octanol–water partition coefficient (Wildman–Crippen LogP) is 1.18. The van der Waals surface area contributed by atoms with Crippen LogP contribution in [0, 0.1) is 5.92 Å². The summed E-state index contributed by atoms with van der Waals surface area (Å²) in [6, 6.07) is 1.72. The third-order valence-electron chi connectivity index (χ3n) is 5.06. The van der Waals surface area contributed by atoms with Gasteiger partial charge in [0.05, 0.1) is 26.4 Å². The average Bonchev–Trinajstić information content (AvgIpc) is 3.23. The second-order valence-electron chi connectivity index (χ2n) is 6.63. The van der Waals surface area contributed by atoms with Gasteiger partial charge in [-0.25, -0.2) is 9.97 Å². The van der Waals surface area contributed by atoms with E-state index in [-0.39, 0.29) is 17.9 Å². The van der Waals surface area contributed by atoms with E-state index >= 15 is 0 Å². The summed E-state index contributed by atoms with van der Waals surface area (Å²) < 4.78 is 11.1. The normalized spacial score (nSPS) is 24.7. The zero-order valence-electron chi connectivity index (χ0n) is 14.3. The van der Waals surface area contributed by atoms with E-state index in [1.807, 2.05) is 11.0 Å². The molecule has 7 nitrogen and oxygen atoms in total. The summed E-state index contributed by atoms with van der Waals surface area (Å²) in [5.74, 6) is 1.82. The summed E-state index contributed by atoms with van der Waals surface area (Å²) >= 11 is 0. The molecule has 2 aliphatic heterocycles. The summed E-state index contributed by atoms with van der Waals surface area (Å²) in [5, 5.41) is 0. The van der Waals surface area contributed by atoms with Crippen LogP contribution in [0.15, 0.2) is 24.4 Å². The van der Waals surface area contributed by atoms with Crippen LogP contribution in [0.4, 0.5) is 5.82 Å². The molecular formula is C18H24N4O3. The van der Waals surface area contributed by atoms with Crippen molar-refractivity contribution < 1.29 is 14.3 Å². The Hall–Kier alpha value is -1.99. The maximum absolute atomic E-state index is 12.9. The maximum Gasteiger partial charge on any atom is 0.227 e. The Balaban J connectivity index is 1.54. The van der Waals surface area contributed by atoms with E-state index in [0.717, 1.165) is 31.7 Å². The number of amides is 1. The van der Waals surface area contributed by atoms with Gasteiger partial charge in [-0.05, 0) is 18.9 Å². The minimum absolute atomic E-state index is 0.0584. The lowest BCUT2D eigenvalue weighted by Gasteiger charge is -2.36. The largest absolute Gasteiger partial charge is 0.378 e. The number of carbonyl (C=O) groups is 1. The first-order valence-electron chi connectivity index (χ1n) is 9.02. The molecule has 3 aliphatic rings. The van der Waals surface area contributed by atoms with Crippen LogP contribution < -0.4 is 4.90 Å². The lowest BCUT2D eigenvalue weighted by molar-refractivity contribution is -0.144. The number of carbonyl (C=O) groups excluding carboxylic acids is 1. The van der Waals surface area contributed by atoms with Crippen LogP contribution in [0.5, 0.6) is 0 Å². The van der Waals surface area contributed by atoms with Crippen LogP contribution in [0.1, 0.15) is 24.7 Å². The van der Waals surface area contributed by atoms with Gasteiger partial charge in [0.25, 0.3) is 0 Å². The molecule has 134 valence electrons. The zero-order chi connectivity index (χ0) is 17.1. The summed E-state index contributed by atoms with van der Waals surface area (Å²) in [7, 11) is 0. The molecule has 0 radical (unpaired) electrons. The van der Waals surface area contributed by atoms with Gasteiger partial charge >= 0.3 is 0 Å². The number of allylic oxidation sites excluding steroid dienone is 2. The number of anilines is 1. The van der Waals surface area contributed by atoms with Crippen molar-refractivity contribution in [1.29, 1.82) is 0 Å². The Morgan fingerprint density at radius 2 is 1.84 bits per heavy atom. The van der Waals surface area contributed by atoms with Gasteiger partial charge in [0.2, 0.25) is 5.91 Å². The highest BCUT2D eigenvalue weighted by molar-refractivity contribution is 5.80. The van der Waals surface area contributed by atoms with Gasteiger partial charge in [-0.2, -0.15) is 0 Å². The van der Waals surface area contributed by atoms with Crippen molar-refractivity contribution in [2.24, 2.45) is 5.92 Å². The third kappa shape index (κ3) is 3.52. The smallest absolute Gasteiger partial charge is 0.227 e. The number of rotatable bonds is 3. The number of nitrogens with zero attached hydrogens (tertiary/aromatic N) is 4. The van der Waals surface area contributed by atoms with E-state index in [0.29, 0.717) is 38.8 Å². The minimum atomic E-state index is -0.206. The molecule has 0 N–H and O–H groups in total. The molecule has 1 amide bonds. The van der Waals surface area contributed by atoms with Crippen LogP contribution in [-0.2, 0) is 14.3 Å². The van der Waals surface area contributed by atoms with Crippen LogP contribution in [-0.4, -0.2) is 66.8 Å². The molecule has 2 saturated heterocycles. The fourth-order valence-electron chi connectivity index (χ4n) is 3.63. The molecule has 1 aromatic heterocycles. The summed E-state index contributed by atoms with van der Waals surface area (Å²) in [6.45, 7) is 4.72. The number of hydrogen-bond acceptors (Lipinski definition) is 6. The van der Waals surface area contributed by atoms with Gasteiger partial charge in [0.1, 0.15) is 11.9 Å². The minimum Gasteiger partial charge on any atom is -0.378 e. The first-order valence-corrected chi connectivity index (χ1v) is 9.02. The molecule has 0 saturated carbocycles. The summed E-state index contributed by atoms with van der Waals surface area (Å²) in [4.78, 5) is 26.2. The zero-order valence-corrected chi connectivity index (χ0v) is 14.3. The molecule has 1 aliphatic carbocycles. The van der Waals surface area contributed by atoms with E-state index in [1.165, 1.54) is 0 Å². The predicted molar refractivity (Wildman–Crippen MR) is 92.2 cm³/mol. The van der Waals surface area contributed by atoms with Crippen molar-refractivity contribution >= 4 is 11.7 Å². The van der Waals surface area contributed by atoms with E-state index < -0.39 is 0 Å². The quantitative estimate of drug-likeness (QED) is 0.767. The van der Waals surface area contributed by atoms with Gasteiger partial charge in [0, 0.05) is 31.7 Å². The van der Waals surface area contributed by atoms with Crippen molar-refractivity contribution in [3.05, 3.63) is 30.2 Å². The molecule has 7 heteroatoms. The fourth-order valence-corrected chi connectivity index (χ4v) is 3.63. The van der Waals surface area contributed by atoms with E-state index in [2.05, 4.69) is 22.0 Å². The first kappa shape index (κ1) is 16.5. The monoisotopic (exact) mass is 344 g/mol. The number of hydrogen-bond donors (Lipinski definition) is 0. The van der Waals surface area contributed by atoms with Crippen molar-refractivity contribution in [2.45, 2.75) is 18.9 Å². The Morgan fingerprint density at radius 1 is 1.08 bits per heavy atom. The molecule has 1 aromatic rings. The van der Waals surface area contributed by atoms with Crippen molar-refractivity contribution in [3.8, 4) is 0 Å². The second kappa shape index (κ2) is 7.49. The maximum atomic E-state index is 12.9. The number of aromatic nitrogens is 2. The lowest BCUT2D eigenvalue weighted by atomic mass is 10.0. The average molecular weight is 344 g/mol. The molecule has 25 heavy (non-hydrogen) atoms. The Morgan fingerprint density at radius 3 is 2.64 bits per heavy atom. The Labute approximate surface area is 147 Å². The topological polar surface area (TPSA) is 67.8 Å². The van der Waals surface area contributed by atoms with Gasteiger partial charge in [0.15, 0.2) is 5.82 Å². The fraction of sp³-hybridized carbons (Fsp3) is 0.611. The van der Waals surface area contributed by atoms with Gasteiger partial charge in [-0.15, -0.1) is 0 Å². The van der Waals surface area contributed by atoms with Crippen LogP contribution in [0.2, 0.25) is 0 Å². The standard InChI is InChI=1S/C18H24N4O3/c23-18(14-3-1-2-4-14)22-9-12-25-13-15(22)17-19-6-5-16(20-17)21-7-10-24-11-8-21/h1-2,5-6,14-15H,3-4,7-13H2. The Kier molecular flexibility index (Phi) is 4.94. The van der Waals surface area contributed by atoms with E-state index in [4.69, 9.17) is 14.5 Å². The highest BCUT2D eigenvalue weighted by Gasteiger charge is 2.34. The van der Waals surface area contributed by atoms with E-state index in [9.17, 15) is 4.79 Å². The van der Waals surface area contributed by atoms with Crippen molar-refractivity contribution in [1.82, 2.24) is 14.9 Å². The van der Waals surface area contributed by atoms with Crippen molar-refractivity contribution in [3.63, 3.8) is 0 Å². The Bertz CT molecular complexity index is 637. The molecule has 1 unspecified atom stereocenters. The van der Waals surface area contributed by atoms with Crippen molar-refractivity contribution in [2.75, 3.05) is 51.0 Å². The van der Waals surface area contributed by atoms with Gasteiger partial charge in [-0.1, -0.05) is 12.2 Å². The number of ether oxygens (including phenoxy) is 2. The number of morpholine rings is 2. The second-order valence-corrected chi connectivity index (χ2v) is 6.63. The SMILES string of the molecule is O=C(C1CC=CC1)N1CCOCC1c1nccc(N2CCOCC2)n1. The first-order chi connectivity index (χ1) is 12.3. The van der Waals surface area contributed by atoms with Crippen LogP contribution in [0.25, 0.3) is 0 Å². The lowest BCUT2D eigenvalue weighted by Crippen LogP contribution is -2.46. The summed E-state index contributed by atoms with van der Waals surface area (Å²) in [6.07, 6.45) is 7.62. The van der Waals surface area contributed by atoms with Gasteiger partial charge in [-0.3, -0.25) is 4.79 Å². The molecular weight excluding hydrogens is 320 g/mol. The molecule has 1 atom stereocenters. The molecule has 0 spiro atoms. The van der Waals surface area contributed by atoms with E-state index in [1.54, 1.807) is 6.20 Å². The summed E-state index contributed by atoms with van der Waals surface area (Å²) in [5.41, 5.74) is 0. The highest BCUT2D eigenvalue weighted by Crippen LogP contribution is 2.28. The van der Waals surface area contributed by atoms with Gasteiger partial charge < -0.3 is 19.3 Å². The highest BCUT2D eigenvalue weighted by atomic mass is 16.5. The molecule has 2 fully saturated rings.